The number of nitrogens with one attached hydrogen (secondary N) is 3. The summed E-state index contributed by atoms with van der Waals surface area (Å²) in [6.45, 7) is 12.1. The van der Waals surface area contributed by atoms with Crippen LogP contribution in [-0.2, 0) is 6.54 Å². The zero-order chi connectivity index (χ0) is 16.1. The van der Waals surface area contributed by atoms with E-state index >= 15 is 0 Å². The van der Waals surface area contributed by atoms with Crippen LogP contribution in [0.5, 0.6) is 5.75 Å². The number of likely N-dealkylation sites (N-methyl/N-ethyl adjacent to an activating group) is 1. The highest BCUT2D eigenvalue weighted by Gasteiger charge is 2.32. The summed E-state index contributed by atoms with van der Waals surface area (Å²) in [6, 6.07) is 9.62. The van der Waals surface area contributed by atoms with Crippen molar-refractivity contribution in [3.05, 3.63) is 29.8 Å². The standard InChI is InChI=1S/C19H31N3O/c1-3-23-19-6-4-17(5-7-19)16-21-10-8-18(9-11-21)22-14-12-20(2)13-15-22/h4-7,18H,3,8-16H2,1-2H3/p+3. The normalized spacial score (nSPS) is 31.7. The van der Waals surface area contributed by atoms with E-state index in [9.17, 15) is 0 Å². The van der Waals surface area contributed by atoms with Gasteiger partial charge in [0.15, 0.2) is 0 Å². The number of piperidine rings is 1. The summed E-state index contributed by atoms with van der Waals surface area (Å²) >= 11 is 0. The Kier molecular flexibility index (Phi) is 5.92. The SMILES string of the molecule is CCOc1ccc(C[NH+]2CCC([NH+]3CC[NH+](C)CC3)CC2)cc1. The molecule has 23 heavy (non-hydrogen) atoms. The van der Waals surface area contributed by atoms with Crippen LogP contribution in [-0.4, -0.2) is 59.0 Å². The third-order valence-electron chi connectivity index (χ3n) is 5.70. The fourth-order valence-corrected chi connectivity index (χ4v) is 4.18. The van der Waals surface area contributed by atoms with Gasteiger partial charge in [0.2, 0.25) is 0 Å². The second-order valence-electron chi connectivity index (χ2n) is 7.39. The average Bonchev–Trinajstić information content (AvgIpc) is 2.58. The molecule has 1 aromatic rings. The molecule has 0 atom stereocenters. The molecule has 0 saturated carbocycles. The van der Waals surface area contributed by atoms with Crippen molar-refractivity contribution in [2.45, 2.75) is 32.4 Å². The van der Waals surface area contributed by atoms with Crippen LogP contribution in [0.4, 0.5) is 0 Å². The topological polar surface area (TPSA) is 22.6 Å². The van der Waals surface area contributed by atoms with E-state index in [0.717, 1.165) is 18.4 Å². The maximum atomic E-state index is 5.53. The third-order valence-corrected chi connectivity index (χ3v) is 5.70. The minimum absolute atomic E-state index is 0.744. The molecule has 2 fully saturated rings. The second-order valence-corrected chi connectivity index (χ2v) is 7.39. The molecule has 0 spiro atoms. The molecule has 3 rings (SSSR count). The van der Waals surface area contributed by atoms with Crippen LogP contribution < -0.4 is 19.4 Å². The van der Waals surface area contributed by atoms with E-state index < -0.39 is 0 Å². The monoisotopic (exact) mass is 320 g/mol. The summed E-state index contributed by atoms with van der Waals surface area (Å²) in [6.07, 6.45) is 2.81. The van der Waals surface area contributed by atoms with E-state index in [1.807, 2.05) is 11.8 Å². The molecule has 4 nitrogen and oxygen atoms in total. The van der Waals surface area contributed by atoms with Gasteiger partial charge in [0.05, 0.1) is 32.8 Å². The Morgan fingerprint density at radius 1 is 0.957 bits per heavy atom. The maximum Gasteiger partial charge on any atom is 0.127 e. The predicted octanol–water partition coefficient (Wildman–Crippen LogP) is -1.95. The first kappa shape index (κ1) is 16.7. The lowest BCUT2D eigenvalue weighted by atomic mass is 10.0. The molecule has 1 aromatic carbocycles. The summed E-state index contributed by atoms with van der Waals surface area (Å²) < 4.78 is 5.53. The quantitative estimate of drug-likeness (QED) is 0.577. The molecule has 0 radical (unpaired) electrons. The van der Waals surface area contributed by atoms with Crippen LogP contribution in [0.2, 0.25) is 0 Å². The Morgan fingerprint density at radius 3 is 2.22 bits per heavy atom. The van der Waals surface area contributed by atoms with Gasteiger partial charge in [-0.25, -0.2) is 0 Å². The van der Waals surface area contributed by atoms with Gasteiger partial charge in [-0.15, -0.1) is 0 Å². The van der Waals surface area contributed by atoms with E-state index in [2.05, 4.69) is 31.3 Å². The Morgan fingerprint density at radius 2 is 1.61 bits per heavy atom. The zero-order valence-corrected chi connectivity index (χ0v) is 14.9. The Labute approximate surface area is 141 Å². The molecule has 0 unspecified atom stereocenters. The number of hydrogen-bond acceptors (Lipinski definition) is 1. The van der Waals surface area contributed by atoms with Crippen molar-refractivity contribution >= 4 is 0 Å². The van der Waals surface area contributed by atoms with Crippen LogP contribution in [0.25, 0.3) is 0 Å². The summed E-state index contributed by atoms with van der Waals surface area (Å²) in [5, 5.41) is 0. The van der Waals surface area contributed by atoms with Crippen LogP contribution in [0.1, 0.15) is 25.3 Å². The maximum absolute atomic E-state index is 5.53. The Balaban J connectivity index is 1.43. The van der Waals surface area contributed by atoms with Crippen LogP contribution in [0.15, 0.2) is 24.3 Å². The fraction of sp³-hybridized carbons (Fsp3) is 0.684. The summed E-state index contributed by atoms with van der Waals surface area (Å²) in [5.41, 5.74) is 1.44. The van der Waals surface area contributed by atoms with Gasteiger partial charge < -0.3 is 19.4 Å². The van der Waals surface area contributed by atoms with Gasteiger partial charge >= 0.3 is 0 Å². The Bertz CT molecular complexity index is 460. The van der Waals surface area contributed by atoms with Gasteiger partial charge in [0, 0.05) is 18.4 Å². The van der Waals surface area contributed by atoms with Crippen molar-refractivity contribution in [2.75, 3.05) is 52.9 Å². The smallest absolute Gasteiger partial charge is 0.127 e. The minimum Gasteiger partial charge on any atom is -0.494 e. The molecular weight excluding hydrogens is 286 g/mol. The summed E-state index contributed by atoms with van der Waals surface area (Å²) in [7, 11) is 2.33. The van der Waals surface area contributed by atoms with Crippen molar-refractivity contribution in [1.29, 1.82) is 0 Å². The number of ether oxygens (including phenoxy) is 1. The first-order chi connectivity index (χ1) is 11.2. The molecule has 128 valence electrons. The fourth-order valence-electron chi connectivity index (χ4n) is 4.18. The van der Waals surface area contributed by atoms with Crippen molar-refractivity contribution in [3.63, 3.8) is 0 Å². The molecule has 0 aliphatic carbocycles. The molecule has 0 aromatic heterocycles. The number of likely N-dealkylation sites (tertiary alicyclic amines) is 1. The molecule has 2 heterocycles. The number of benzene rings is 1. The molecule has 2 aliphatic rings. The molecule has 2 aliphatic heterocycles. The van der Waals surface area contributed by atoms with Gasteiger partial charge in [0.1, 0.15) is 38.5 Å². The zero-order valence-electron chi connectivity index (χ0n) is 14.9. The molecule has 2 saturated heterocycles. The van der Waals surface area contributed by atoms with Gasteiger partial charge in [0.25, 0.3) is 0 Å². The highest BCUT2D eigenvalue weighted by Crippen LogP contribution is 2.11. The van der Waals surface area contributed by atoms with Gasteiger partial charge in [-0.3, -0.25) is 0 Å². The molecular formula is C19H34N3O+3. The van der Waals surface area contributed by atoms with Gasteiger partial charge in [-0.05, 0) is 31.2 Å². The number of hydrogen-bond donors (Lipinski definition) is 3. The first-order valence-corrected chi connectivity index (χ1v) is 9.45. The van der Waals surface area contributed by atoms with E-state index in [-0.39, 0.29) is 0 Å². The number of piperazine rings is 1. The molecule has 0 amide bonds. The predicted molar refractivity (Wildman–Crippen MR) is 92.4 cm³/mol. The summed E-state index contributed by atoms with van der Waals surface area (Å²) in [4.78, 5) is 5.35. The van der Waals surface area contributed by atoms with Crippen molar-refractivity contribution in [1.82, 2.24) is 0 Å². The van der Waals surface area contributed by atoms with E-state index in [4.69, 9.17) is 4.74 Å². The number of quaternary nitrogens is 3. The molecule has 0 bridgehead atoms. The third kappa shape index (κ3) is 4.69. The van der Waals surface area contributed by atoms with Gasteiger partial charge in [-0.2, -0.15) is 0 Å². The lowest BCUT2D eigenvalue weighted by Gasteiger charge is -2.37. The molecule has 4 heteroatoms. The number of rotatable bonds is 5. The van der Waals surface area contributed by atoms with E-state index in [1.54, 1.807) is 9.80 Å². The van der Waals surface area contributed by atoms with Crippen molar-refractivity contribution in [3.8, 4) is 5.75 Å². The van der Waals surface area contributed by atoms with E-state index in [1.165, 1.54) is 64.2 Å². The Hall–Kier alpha value is -1.10. The largest absolute Gasteiger partial charge is 0.494 e. The highest BCUT2D eigenvalue weighted by atomic mass is 16.5. The molecule has 3 N–H and O–H groups in total. The lowest BCUT2D eigenvalue weighted by Crippen LogP contribution is -3.29. The van der Waals surface area contributed by atoms with Crippen LogP contribution in [0.3, 0.4) is 0 Å². The summed E-state index contributed by atoms with van der Waals surface area (Å²) in [5.74, 6) is 0.991. The van der Waals surface area contributed by atoms with Gasteiger partial charge in [-0.1, -0.05) is 0 Å². The van der Waals surface area contributed by atoms with Crippen molar-refractivity contribution < 1.29 is 19.4 Å². The minimum atomic E-state index is 0.744. The average molecular weight is 321 g/mol. The van der Waals surface area contributed by atoms with E-state index in [0.29, 0.717) is 0 Å². The highest BCUT2D eigenvalue weighted by molar-refractivity contribution is 5.26. The van der Waals surface area contributed by atoms with Crippen LogP contribution in [0, 0.1) is 0 Å². The first-order valence-electron chi connectivity index (χ1n) is 9.45. The van der Waals surface area contributed by atoms with Crippen molar-refractivity contribution in [2.24, 2.45) is 0 Å². The lowest BCUT2D eigenvalue weighted by molar-refractivity contribution is -1.02. The van der Waals surface area contributed by atoms with Crippen LogP contribution >= 0.6 is 0 Å². The second kappa shape index (κ2) is 8.13.